The van der Waals surface area contributed by atoms with Gasteiger partial charge in [-0.25, -0.2) is 9.97 Å². The zero-order chi connectivity index (χ0) is 9.80. The minimum atomic E-state index is 0.809. The van der Waals surface area contributed by atoms with Crippen LogP contribution in [0.25, 0.3) is 5.57 Å². The maximum Gasteiger partial charge on any atom is 0.159 e. The van der Waals surface area contributed by atoms with Gasteiger partial charge >= 0.3 is 0 Å². The van der Waals surface area contributed by atoms with E-state index in [9.17, 15) is 0 Å². The summed E-state index contributed by atoms with van der Waals surface area (Å²) in [5.41, 5.74) is 1.13. The molecule has 14 heavy (non-hydrogen) atoms. The Kier molecular flexibility index (Phi) is 2.99. The van der Waals surface area contributed by atoms with Crippen LogP contribution in [0.15, 0.2) is 35.5 Å². The average Bonchev–Trinajstić information content (AvgIpc) is 2.30. The number of hydrogen-bond acceptors (Lipinski definition) is 3. The van der Waals surface area contributed by atoms with E-state index in [0.717, 1.165) is 17.8 Å². The molecule has 0 spiro atoms. The zero-order valence-electron chi connectivity index (χ0n) is 7.97. The summed E-state index contributed by atoms with van der Waals surface area (Å²) in [7, 11) is 0. The van der Waals surface area contributed by atoms with Gasteiger partial charge in [0.1, 0.15) is 0 Å². The lowest BCUT2D eigenvalue weighted by Crippen LogP contribution is -1.97. The Morgan fingerprint density at radius 1 is 1.29 bits per heavy atom. The lowest BCUT2D eigenvalue weighted by Gasteiger charge is -2.11. The molecule has 0 fully saturated rings. The Labute approximate surface area is 88.2 Å². The van der Waals surface area contributed by atoms with Crippen molar-refractivity contribution in [3.8, 4) is 0 Å². The summed E-state index contributed by atoms with van der Waals surface area (Å²) in [6.45, 7) is 0. The van der Waals surface area contributed by atoms with E-state index in [0.29, 0.717) is 0 Å². The maximum atomic E-state index is 4.25. The van der Waals surface area contributed by atoms with Gasteiger partial charge < -0.3 is 0 Å². The van der Waals surface area contributed by atoms with Crippen LogP contribution in [-0.2, 0) is 0 Å². The van der Waals surface area contributed by atoms with E-state index in [1.54, 1.807) is 24.2 Å². The molecule has 1 aliphatic carbocycles. The van der Waals surface area contributed by atoms with Crippen LogP contribution < -0.4 is 0 Å². The second-order valence-corrected chi connectivity index (χ2v) is 3.74. The smallest absolute Gasteiger partial charge is 0.159 e. The second kappa shape index (κ2) is 4.42. The molecule has 71 valence electrons. The first-order valence-corrected chi connectivity index (χ1v) is 5.69. The average molecular weight is 203 g/mol. The van der Waals surface area contributed by atoms with Gasteiger partial charge in [-0.3, -0.25) is 0 Å². The standard InChI is InChI=1S/C11H11N2S/c1-14-10-6-3-2-5-9(10)11-12-7-4-8-13-11/h2,4-8H,3H2,1H3. The SMILES string of the molecule is CSC1=C(c2ncccn2)C=CC[CH]1. The first kappa shape index (κ1) is 9.46. The zero-order valence-corrected chi connectivity index (χ0v) is 8.79. The van der Waals surface area contributed by atoms with Crippen molar-refractivity contribution < 1.29 is 0 Å². The molecule has 2 nitrogen and oxygen atoms in total. The van der Waals surface area contributed by atoms with Gasteiger partial charge in [0.2, 0.25) is 0 Å². The van der Waals surface area contributed by atoms with Crippen molar-refractivity contribution in [3.05, 3.63) is 47.8 Å². The number of aromatic nitrogens is 2. The van der Waals surface area contributed by atoms with Gasteiger partial charge in [0.05, 0.1) is 0 Å². The van der Waals surface area contributed by atoms with Crippen LogP contribution in [0.1, 0.15) is 12.2 Å². The van der Waals surface area contributed by atoms with Crippen molar-refractivity contribution in [3.63, 3.8) is 0 Å². The van der Waals surface area contributed by atoms with Crippen LogP contribution in [0.2, 0.25) is 0 Å². The molecule has 0 bridgehead atoms. The second-order valence-electron chi connectivity index (χ2n) is 2.90. The summed E-state index contributed by atoms with van der Waals surface area (Å²) >= 11 is 1.74. The van der Waals surface area contributed by atoms with Gasteiger partial charge in [0.15, 0.2) is 5.82 Å². The van der Waals surface area contributed by atoms with E-state index >= 15 is 0 Å². The molecule has 0 N–H and O–H groups in total. The number of hydrogen-bond donors (Lipinski definition) is 0. The lowest BCUT2D eigenvalue weighted by atomic mass is 10.1. The largest absolute Gasteiger partial charge is 0.237 e. The molecule has 0 aromatic carbocycles. The molecule has 3 heteroatoms. The summed E-state index contributed by atoms with van der Waals surface area (Å²) in [5, 5.41) is 0. The Bertz CT molecular complexity index is 368. The minimum Gasteiger partial charge on any atom is -0.237 e. The van der Waals surface area contributed by atoms with E-state index in [4.69, 9.17) is 0 Å². The Morgan fingerprint density at radius 2 is 2.07 bits per heavy atom. The van der Waals surface area contributed by atoms with Crippen LogP contribution in [0.5, 0.6) is 0 Å². The van der Waals surface area contributed by atoms with E-state index < -0.39 is 0 Å². The molecule has 0 saturated heterocycles. The molecule has 0 atom stereocenters. The predicted molar refractivity (Wildman–Crippen MR) is 60.5 cm³/mol. The highest BCUT2D eigenvalue weighted by Gasteiger charge is 2.11. The first-order valence-electron chi connectivity index (χ1n) is 4.47. The van der Waals surface area contributed by atoms with Gasteiger partial charge in [-0.2, -0.15) is 0 Å². The summed E-state index contributed by atoms with van der Waals surface area (Å²) in [5.74, 6) is 0.809. The maximum absolute atomic E-state index is 4.25. The van der Waals surface area contributed by atoms with Crippen molar-refractivity contribution >= 4 is 17.3 Å². The molecular formula is C11H11N2S. The molecule has 0 amide bonds. The fourth-order valence-electron chi connectivity index (χ4n) is 1.37. The van der Waals surface area contributed by atoms with Gasteiger partial charge in [0.25, 0.3) is 0 Å². The van der Waals surface area contributed by atoms with Gasteiger partial charge in [-0.15, -0.1) is 11.8 Å². The number of nitrogens with zero attached hydrogens (tertiary/aromatic N) is 2. The third kappa shape index (κ3) is 1.87. The Morgan fingerprint density at radius 3 is 2.79 bits per heavy atom. The molecular weight excluding hydrogens is 192 g/mol. The molecule has 0 unspecified atom stereocenters. The fourth-order valence-corrected chi connectivity index (χ4v) is 2.01. The van der Waals surface area contributed by atoms with E-state index in [2.05, 4.69) is 34.8 Å². The monoisotopic (exact) mass is 203 g/mol. The number of allylic oxidation sites excluding steroid dienone is 4. The summed E-state index contributed by atoms with van der Waals surface area (Å²) < 4.78 is 0. The highest BCUT2D eigenvalue weighted by atomic mass is 32.2. The molecule has 1 aliphatic rings. The molecule has 1 aromatic heterocycles. The van der Waals surface area contributed by atoms with Gasteiger partial charge in [0, 0.05) is 24.4 Å². The number of thioether (sulfide) groups is 1. The van der Waals surface area contributed by atoms with E-state index in [1.165, 1.54) is 4.91 Å². The molecule has 2 rings (SSSR count). The van der Waals surface area contributed by atoms with Crippen molar-refractivity contribution in [2.45, 2.75) is 6.42 Å². The van der Waals surface area contributed by atoms with Gasteiger partial charge in [-0.05, 0) is 23.6 Å². The minimum absolute atomic E-state index is 0.809. The summed E-state index contributed by atoms with van der Waals surface area (Å²) in [4.78, 5) is 9.76. The highest BCUT2D eigenvalue weighted by Crippen LogP contribution is 2.30. The van der Waals surface area contributed by atoms with Crippen LogP contribution in [-0.4, -0.2) is 16.2 Å². The predicted octanol–water partition coefficient (Wildman–Crippen LogP) is 2.71. The topological polar surface area (TPSA) is 25.8 Å². The molecule has 1 aromatic rings. The lowest BCUT2D eigenvalue weighted by molar-refractivity contribution is 1.11. The summed E-state index contributed by atoms with van der Waals surface area (Å²) in [6, 6.07) is 1.83. The Hall–Kier alpha value is -1.09. The fraction of sp³-hybridized carbons (Fsp3) is 0.182. The third-order valence-corrected chi connectivity index (χ3v) is 2.84. The van der Waals surface area contributed by atoms with Crippen molar-refractivity contribution in [2.75, 3.05) is 6.26 Å². The van der Waals surface area contributed by atoms with Crippen LogP contribution >= 0.6 is 11.8 Å². The highest BCUT2D eigenvalue weighted by molar-refractivity contribution is 8.02. The molecule has 0 saturated carbocycles. The van der Waals surface area contributed by atoms with Crippen LogP contribution in [0, 0.1) is 6.42 Å². The first-order chi connectivity index (χ1) is 6.92. The number of rotatable bonds is 2. The van der Waals surface area contributed by atoms with Crippen LogP contribution in [0.4, 0.5) is 0 Å². The summed E-state index contributed by atoms with van der Waals surface area (Å²) in [6.07, 6.45) is 13.1. The quantitative estimate of drug-likeness (QED) is 0.739. The molecule has 0 aliphatic heterocycles. The molecule has 1 radical (unpaired) electrons. The third-order valence-electron chi connectivity index (χ3n) is 2.02. The van der Waals surface area contributed by atoms with E-state index in [-0.39, 0.29) is 0 Å². The van der Waals surface area contributed by atoms with Crippen molar-refractivity contribution in [1.82, 2.24) is 9.97 Å². The van der Waals surface area contributed by atoms with Crippen molar-refractivity contribution in [1.29, 1.82) is 0 Å². The van der Waals surface area contributed by atoms with Gasteiger partial charge in [-0.1, -0.05) is 12.2 Å². The van der Waals surface area contributed by atoms with Crippen LogP contribution in [0.3, 0.4) is 0 Å². The van der Waals surface area contributed by atoms with E-state index in [1.807, 2.05) is 6.07 Å². The Balaban J connectivity index is 2.41. The normalized spacial score (nSPS) is 16.1. The molecule has 1 heterocycles. The van der Waals surface area contributed by atoms with Crippen molar-refractivity contribution in [2.24, 2.45) is 0 Å².